The summed E-state index contributed by atoms with van der Waals surface area (Å²) in [5.41, 5.74) is 0.847. The molecule has 0 saturated carbocycles. The average molecular weight is 413 g/mol. The molecule has 0 aliphatic rings. The number of hydrogen-bond donors (Lipinski definition) is 1. The molecule has 144 valence electrons. The first-order valence-electron chi connectivity index (χ1n) is 7.88. The van der Waals surface area contributed by atoms with Crippen molar-refractivity contribution in [3.05, 3.63) is 45.9 Å². The van der Waals surface area contributed by atoms with Gasteiger partial charge in [0.05, 0.1) is 35.3 Å². The van der Waals surface area contributed by atoms with Gasteiger partial charge in [-0.15, -0.1) is 0 Å². The number of rotatable bonds is 6. The normalized spacial score (nSPS) is 11.6. The van der Waals surface area contributed by atoms with Crippen LogP contribution in [0.5, 0.6) is 11.5 Å². The lowest BCUT2D eigenvalue weighted by Crippen LogP contribution is -2.14. The van der Waals surface area contributed by atoms with E-state index >= 15 is 0 Å². The predicted octanol–water partition coefficient (Wildman–Crippen LogP) is 3.09. The Morgan fingerprint density at radius 2 is 1.85 bits per heavy atom. The Labute approximate surface area is 160 Å². The molecular weight excluding hydrogens is 396 g/mol. The Morgan fingerprint density at radius 3 is 2.48 bits per heavy atom. The van der Waals surface area contributed by atoms with Crippen molar-refractivity contribution in [2.75, 3.05) is 18.9 Å². The monoisotopic (exact) mass is 412 g/mol. The highest BCUT2D eigenvalue weighted by Crippen LogP contribution is 2.32. The van der Waals surface area contributed by atoms with Gasteiger partial charge in [0, 0.05) is 18.7 Å². The van der Waals surface area contributed by atoms with Crippen molar-refractivity contribution in [1.82, 2.24) is 4.57 Å². The van der Waals surface area contributed by atoms with Crippen LogP contribution < -0.4 is 20.0 Å². The second-order valence-electron chi connectivity index (χ2n) is 5.53. The fraction of sp³-hybridized carbons (Fsp3) is 0.235. The molecule has 27 heavy (non-hydrogen) atoms. The number of nitrogens with zero attached hydrogens (tertiary/aromatic N) is 1. The first-order valence-corrected chi connectivity index (χ1v) is 9.74. The van der Waals surface area contributed by atoms with E-state index in [1.54, 1.807) is 6.92 Å². The van der Waals surface area contributed by atoms with Crippen LogP contribution in [0.2, 0.25) is 5.02 Å². The van der Waals surface area contributed by atoms with Gasteiger partial charge in [0.25, 0.3) is 10.0 Å². The maximum Gasteiger partial charge on any atom is 0.419 e. The van der Waals surface area contributed by atoms with Gasteiger partial charge in [0.1, 0.15) is 0 Å². The fourth-order valence-electron chi connectivity index (χ4n) is 2.65. The van der Waals surface area contributed by atoms with Crippen molar-refractivity contribution in [2.24, 2.45) is 0 Å². The molecule has 0 atom stereocenters. The number of ether oxygens (including phenoxy) is 2. The summed E-state index contributed by atoms with van der Waals surface area (Å²) in [5, 5.41) is 0.101. The smallest absolute Gasteiger partial charge is 0.419 e. The zero-order chi connectivity index (χ0) is 19.8. The molecule has 1 heterocycles. The van der Waals surface area contributed by atoms with Gasteiger partial charge >= 0.3 is 5.76 Å². The van der Waals surface area contributed by atoms with Crippen molar-refractivity contribution in [1.29, 1.82) is 0 Å². The lowest BCUT2D eigenvalue weighted by Gasteiger charge is -2.12. The number of oxazole rings is 1. The molecule has 0 spiro atoms. The topological polar surface area (TPSA) is 99.8 Å². The molecular formula is C17H17ClN2O6S. The minimum Gasteiger partial charge on any atom is -0.493 e. The number of aryl methyl sites for hydroxylation is 1. The molecule has 0 aliphatic carbocycles. The van der Waals surface area contributed by atoms with Crippen molar-refractivity contribution in [3.63, 3.8) is 0 Å². The van der Waals surface area contributed by atoms with E-state index in [-0.39, 0.29) is 26.9 Å². The quantitative estimate of drug-likeness (QED) is 0.667. The van der Waals surface area contributed by atoms with Crippen LogP contribution in [0.25, 0.3) is 11.1 Å². The van der Waals surface area contributed by atoms with Crippen LogP contribution in [-0.2, 0) is 16.6 Å². The van der Waals surface area contributed by atoms with Crippen LogP contribution in [0.4, 0.5) is 5.69 Å². The summed E-state index contributed by atoms with van der Waals surface area (Å²) in [6, 6.07) is 7.08. The lowest BCUT2D eigenvalue weighted by atomic mass is 10.3. The van der Waals surface area contributed by atoms with E-state index in [0.29, 0.717) is 17.8 Å². The van der Waals surface area contributed by atoms with Gasteiger partial charge in [0.15, 0.2) is 17.1 Å². The maximum absolute atomic E-state index is 12.8. The number of nitrogens with one attached hydrogen (secondary N) is 1. The molecule has 8 nitrogen and oxygen atoms in total. The van der Waals surface area contributed by atoms with Gasteiger partial charge in [-0.05, 0) is 25.1 Å². The molecule has 1 N–H and O–H groups in total. The van der Waals surface area contributed by atoms with Crippen molar-refractivity contribution in [3.8, 4) is 11.5 Å². The van der Waals surface area contributed by atoms with Crippen LogP contribution >= 0.6 is 11.6 Å². The molecule has 0 bridgehead atoms. The van der Waals surface area contributed by atoms with Gasteiger partial charge in [-0.3, -0.25) is 9.29 Å². The third-order valence-corrected chi connectivity index (χ3v) is 5.66. The summed E-state index contributed by atoms with van der Waals surface area (Å²) < 4.78 is 44.7. The van der Waals surface area contributed by atoms with Crippen molar-refractivity contribution in [2.45, 2.75) is 18.4 Å². The number of halogens is 1. The summed E-state index contributed by atoms with van der Waals surface area (Å²) in [6.07, 6.45) is 0. The van der Waals surface area contributed by atoms with Crippen LogP contribution in [0.3, 0.4) is 0 Å². The molecule has 0 saturated heterocycles. The number of aromatic nitrogens is 1. The number of methoxy groups -OCH3 is 2. The van der Waals surface area contributed by atoms with E-state index in [4.69, 9.17) is 25.5 Å². The Balaban J connectivity index is 2.05. The highest BCUT2D eigenvalue weighted by Gasteiger charge is 2.20. The van der Waals surface area contributed by atoms with Gasteiger partial charge < -0.3 is 13.9 Å². The average Bonchev–Trinajstić information content (AvgIpc) is 2.94. The molecule has 0 unspecified atom stereocenters. The zero-order valence-electron chi connectivity index (χ0n) is 14.8. The molecule has 10 heteroatoms. The van der Waals surface area contributed by atoms with Crippen LogP contribution in [-0.4, -0.2) is 27.2 Å². The standard InChI is InChI=1S/C17H17ClN2O6S/c1-4-20-13-9-12(11(18)8-15(13)26-17(20)21)19-27(22,23)10-5-6-14(24-2)16(7-10)25-3/h5-9,19H,4H2,1-3H3. The minimum absolute atomic E-state index is 0.0311. The van der Waals surface area contributed by atoms with Crippen molar-refractivity contribution >= 4 is 38.4 Å². The van der Waals surface area contributed by atoms with E-state index in [0.717, 1.165) is 0 Å². The van der Waals surface area contributed by atoms with Gasteiger partial charge in [-0.2, -0.15) is 0 Å². The first-order chi connectivity index (χ1) is 12.8. The van der Waals surface area contributed by atoms with Crippen molar-refractivity contribution < 1.29 is 22.3 Å². The third-order valence-electron chi connectivity index (χ3n) is 3.98. The van der Waals surface area contributed by atoms with E-state index in [9.17, 15) is 13.2 Å². The predicted molar refractivity (Wildman–Crippen MR) is 102 cm³/mol. The number of fused-ring (bicyclic) bond motifs is 1. The number of benzene rings is 2. The summed E-state index contributed by atoms with van der Waals surface area (Å²) in [4.78, 5) is 11.8. The zero-order valence-corrected chi connectivity index (χ0v) is 16.3. The highest BCUT2D eigenvalue weighted by molar-refractivity contribution is 7.92. The highest BCUT2D eigenvalue weighted by atomic mass is 35.5. The number of anilines is 1. The van der Waals surface area contributed by atoms with Crippen LogP contribution in [0.15, 0.2) is 44.4 Å². The maximum atomic E-state index is 12.8. The second-order valence-corrected chi connectivity index (χ2v) is 7.62. The summed E-state index contributed by atoms with van der Waals surface area (Å²) in [6.45, 7) is 2.15. The minimum atomic E-state index is -3.96. The summed E-state index contributed by atoms with van der Waals surface area (Å²) in [7, 11) is -1.09. The summed E-state index contributed by atoms with van der Waals surface area (Å²) >= 11 is 6.16. The molecule has 0 radical (unpaired) electrons. The molecule has 0 fully saturated rings. The van der Waals surface area contributed by atoms with E-state index in [2.05, 4.69) is 4.72 Å². The van der Waals surface area contributed by atoms with Crippen LogP contribution in [0.1, 0.15) is 6.92 Å². The molecule has 2 aromatic carbocycles. The Hall–Kier alpha value is -2.65. The van der Waals surface area contributed by atoms with Crippen LogP contribution in [0, 0.1) is 0 Å². The number of hydrogen-bond acceptors (Lipinski definition) is 6. The SMILES string of the molecule is CCn1c(=O)oc2cc(Cl)c(NS(=O)(=O)c3ccc(OC)c(OC)c3)cc21. The second kappa shape index (κ2) is 7.16. The van der Waals surface area contributed by atoms with Gasteiger partial charge in [-0.1, -0.05) is 11.6 Å². The molecule has 3 rings (SSSR count). The molecule has 0 amide bonds. The number of sulfonamides is 1. The Bertz CT molecular complexity index is 1170. The molecule has 3 aromatic rings. The first kappa shape index (κ1) is 19.1. The summed E-state index contributed by atoms with van der Waals surface area (Å²) in [5.74, 6) is 0.140. The lowest BCUT2D eigenvalue weighted by molar-refractivity contribution is 0.354. The largest absolute Gasteiger partial charge is 0.493 e. The Morgan fingerprint density at radius 1 is 1.15 bits per heavy atom. The molecule has 1 aromatic heterocycles. The van der Waals surface area contributed by atoms with E-state index in [1.807, 2.05) is 0 Å². The van der Waals surface area contributed by atoms with E-state index < -0.39 is 15.8 Å². The third kappa shape index (κ3) is 3.47. The van der Waals surface area contributed by atoms with E-state index in [1.165, 1.54) is 49.1 Å². The molecule has 0 aliphatic heterocycles. The van der Waals surface area contributed by atoms with Gasteiger partial charge in [-0.25, -0.2) is 13.2 Å². The van der Waals surface area contributed by atoms with Gasteiger partial charge in [0.2, 0.25) is 0 Å². The fourth-order valence-corrected chi connectivity index (χ4v) is 3.99. The Kier molecular flexibility index (Phi) is 5.07.